The van der Waals surface area contributed by atoms with Crippen LogP contribution in [-0.4, -0.2) is 63.3 Å². The monoisotopic (exact) mass is 686 g/mol. The second-order valence-corrected chi connectivity index (χ2v) is 18.2. The van der Waals surface area contributed by atoms with Crippen LogP contribution in [0.15, 0.2) is 95.9 Å². The molecule has 11 heteroatoms. The van der Waals surface area contributed by atoms with E-state index in [0.29, 0.717) is 18.1 Å². The van der Waals surface area contributed by atoms with Crippen LogP contribution in [0.4, 0.5) is 0 Å². The maximum Gasteiger partial charge on any atom is 0.353 e. The molecule has 1 saturated heterocycles. The van der Waals surface area contributed by atoms with Crippen molar-refractivity contribution in [3.63, 3.8) is 0 Å². The minimum absolute atomic E-state index is 0.140. The van der Waals surface area contributed by atoms with Crippen LogP contribution in [0.1, 0.15) is 50.6 Å². The number of ketones is 1. The van der Waals surface area contributed by atoms with Gasteiger partial charge in [-0.15, -0.1) is 0 Å². The summed E-state index contributed by atoms with van der Waals surface area (Å²) in [4.78, 5) is 31.7. The van der Waals surface area contributed by atoms with E-state index in [1.807, 2.05) is 85.8 Å². The number of ether oxygens (including phenoxy) is 5. The van der Waals surface area contributed by atoms with Crippen LogP contribution in [0.5, 0.6) is 17.4 Å². The van der Waals surface area contributed by atoms with E-state index in [9.17, 15) is 9.59 Å². The zero-order valence-electron chi connectivity index (χ0n) is 29.5. The number of carbonyl (C=O) groups is 1. The molecule has 5 rings (SSSR count). The molecule has 10 nitrogen and oxygen atoms in total. The molecule has 4 aromatic rings. The van der Waals surface area contributed by atoms with Crippen molar-refractivity contribution in [2.24, 2.45) is 0 Å². The Kier molecular flexibility index (Phi) is 10.8. The Bertz CT molecular complexity index is 1720. The first kappa shape index (κ1) is 36.0. The van der Waals surface area contributed by atoms with Gasteiger partial charge in [0.15, 0.2) is 26.4 Å². The molecular formula is C38H46N2O8Si. The summed E-state index contributed by atoms with van der Waals surface area (Å²) in [7, 11) is 0.716. The Balaban J connectivity index is 1.59. The summed E-state index contributed by atoms with van der Waals surface area (Å²) >= 11 is 0. The highest BCUT2D eigenvalue weighted by molar-refractivity contribution is 6.74. The highest BCUT2D eigenvalue weighted by Crippen LogP contribution is 2.44. The number of methoxy groups -OCH3 is 2. The van der Waals surface area contributed by atoms with Crippen LogP contribution in [0.25, 0.3) is 0 Å². The quantitative estimate of drug-likeness (QED) is 0.115. The Hall–Kier alpha value is -4.29. The lowest BCUT2D eigenvalue weighted by atomic mass is 9.80. The number of Topliss-reactive ketones (excluding diaryl/α,β-unsaturated/α-hetero) is 1. The molecule has 0 spiro atoms. The van der Waals surface area contributed by atoms with E-state index in [1.165, 1.54) is 10.8 Å². The molecule has 0 N–H and O–H groups in total. The lowest BCUT2D eigenvalue weighted by Gasteiger charge is -2.38. The molecule has 260 valence electrons. The summed E-state index contributed by atoms with van der Waals surface area (Å²) in [6, 6.07) is 26.7. The van der Waals surface area contributed by atoms with Crippen molar-refractivity contribution in [2.45, 2.75) is 69.9 Å². The number of hydrogen-bond acceptors (Lipinski definition) is 9. The molecule has 0 saturated carbocycles. The smallest absolute Gasteiger partial charge is 0.353 e. The van der Waals surface area contributed by atoms with E-state index in [-0.39, 0.29) is 23.3 Å². The normalized spacial score (nSPS) is 18.4. The van der Waals surface area contributed by atoms with Gasteiger partial charge in [0, 0.05) is 12.3 Å². The molecule has 2 heterocycles. The standard InChI is InChI=1S/C38H46N2O8Si/c1-9-45-32-23-24-40(36(42)39-32)35-34(48-49(7,8)37(2,3)4)33(41)31(47-35)25-46-38(26-13-11-10-12-14-26,27-15-19-29(43-5)20-16-27)28-17-21-30(44-6)22-18-28/h10-24,31,34-35H,9,25H2,1-8H3/t31-,34-,35-/m1/s1. The zero-order valence-corrected chi connectivity index (χ0v) is 30.5. The highest BCUT2D eigenvalue weighted by atomic mass is 28.4. The lowest BCUT2D eigenvalue weighted by molar-refractivity contribution is -0.131. The van der Waals surface area contributed by atoms with E-state index in [2.05, 4.69) is 38.8 Å². The van der Waals surface area contributed by atoms with Gasteiger partial charge in [0.1, 0.15) is 23.2 Å². The van der Waals surface area contributed by atoms with Crippen molar-refractivity contribution in [3.05, 3.63) is 118 Å². The zero-order chi connectivity index (χ0) is 35.4. The van der Waals surface area contributed by atoms with Gasteiger partial charge in [0.2, 0.25) is 5.88 Å². The summed E-state index contributed by atoms with van der Waals surface area (Å²) in [5, 5.41) is -0.209. The highest BCUT2D eigenvalue weighted by Gasteiger charge is 2.51. The van der Waals surface area contributed by atoms with E-state index >= 15 is 0 Å². The molecule has 0 unspecified atom stereocenters. The van der Waals surface area contributed by atoms with E-state index in [0.717, 1.165) is 16.7 Å². The topological polar surface area (TPSA) is 107 Å². The van der Waals surface area contributed by atoms with Crippen LogP contribution in [0.2, 0.25) is 18.1 Å². The Morgan fingerprint density at radius 2 is 1.37 bits per heavy atom. The SMILES string of the molecule is CCOc1ccn([C@@H]2O[C@H](COC(c3ccccc3)(c3ccc(OC)cc3)c3ccc(OC)cc3)C(=O)[C@H]2O[Si](C)(C)C(C)(C)C)c(=O)n1. The van der Waals surface area contributed by atoms with Crippen molar-refractivity contribution < 1.29 is 32.9 Å². The molecule has 1 aromatic heterocycles. The minimum atomic E-state index is -2.52. The van der Waals surface area contributed by atoms with Gasteiger partial charge in [-0.3, -0.25) is 9.36 Å². The number of rotatable bonds is 13. The van der Waals surface area contributed by atoms with Gasteiger partial charge in [-0.2, -0.15) is 4.98 Å². The molecule has 3 atom stereocenters. The largest absolute Gasteiger partial charge is 0.497 e. The summed E-state index contributed by atoms with van der Waals surface area (Å²) in [6.07, 6.45) is -1.64. The first-order valence-electron chi connectivity index (χ1n) is 16.4. The maximum absolute atomic E-state index is 14.4. The van der Waals surface area contributed by atoms with Crippen LogP contribution < -0.4 is 19.9 Å². The lowest BCUT2D eigenvalue weighted by Crippen LogP contribution is -2.48. The Labute approximate surface area is 289 Å². The predicted molar refractivity (Wildman–Crippen MR) is 189 cm³/mol. The summed E-state index contributed by atoms with van der Waals surface area (Å²) in [6.45, 7) is 12.4. The first-order chi connectivity index (χ1) is 23.3. The molecule has 1 aliphatic heterocycles. The fourth-order valence-electron chi connectivity index (χ4n) is 5.67. The Morgan fingerprint density at radius 1 is 0.816 bits per heavy atom. The van der Waals surface area contributed by atoms with E-state index in [1.54, 1.807) is 20.3 Å². The second-order valence-electron chi connectivity index (χ2n) is 13.4. The fourth-order valence-corrected chi connectivity index (χ4v) is 6.89. The van der Waals surface area contributed by atoms with Crippen molar-refractivity contribution >= 4 is 14.1 Å². The van der Waals surface area contributed by atoms with Gasteiger partial charge in [0.05, 0.1) is 27.4 Å². The van der Waals surface area contributed by atoms with Gasteiger partial charge < -0.3 is 28.1 Å². The third-order valence-electron chi connectivity index (χ3n) is 9.38. The predicted octanol–water partition coefficient (Wildman–Crippen LogP) is 6.52. The first-order valence-corrected chi connectivity index (χ1v) is 19.3. The van der Waals surface area contributed by atoms with Crippen molar-refractivity contribution in [2.75, 3.05) is 27.4 Å². The third kappa shape index (κ3) is 7.35. The van der Waals surface area contributed by atoms with Gasteiger partial charge in [0.25, 0.3) is 0 Å². The fraction of sp³-hybridized carbons (Fsp3) is 0.395. The molecular weight excluding hydrogens is 641 g/mol. The summed E-state index contributed by atoms with van der Waals surface area (Å²) in [5.41, 5.74) is 0.687. The van der Waals surface area contributed by atoms with Crippen LogP contribution >= 0.6 is 0 Å². The molecule has 1 fully saturated rings. The molecule has 3 aromatic carbocycles. The molecule has 0 radical (unpaired) electrons. The van der Waals surface area contributed by atoms with Crippen LogP contribution in [0, 0.1) is 0 Å². The number of aromatic nitrogens is 2. The molecule has 49 heavy (non-hydrogen) atoms. The Morgan fingerprint density at radius 3 is 1.86 bits per heavy atom. The number of hydrogen-bond donors (Lipinski definition) is 0. The van der Waals surface area contributed by atoms with Crippen LogP contribution in [0.3, 0.4) is 0 Å². The van der Waals surface area contributed by atoms with Crippen molar-refractivity contribution in [1.82, 2.24) is 9.55 Å². The van der Waals surface area contributed by atoms with Crippen molar-refractivity contribution in [1.29, 1.82) is 0 Å². The van der Waals surface area contributed by atoms with E-state index in [4.69, 9.17) is 28.1 Å². The van der Waals surface area contributed by atoms with Gasteiger partial charge >= 0.3 is 5.69 Å². The average molecular weight is 687 g/mol. The van der Waals surface area contributed by atoms with Gasteiger partial charge in [-0.25, -0.2) is 4.79 Å². The number of nitrogens with zero attached hydrogens (tertiary/aromatic N) is 2. The number of carbonyl (C=O) groups excluding carboxylic acids is 1. The van der Waals surface area contributed by atoms with Gasteiger partial charge in [-0.05, 0) is 66.0 Å². The van der Waals surface area contributed by atoms with Crippen LogP contribution in [-0.2, 0) is 24.3 Å². The summed E-state index contributed by atoms with van der Waals surface area (Å²) < 4.78 is 37.8. The molecule has 0 amide bonds. The second kappa shape index (κ2) is 14.7. The molecule has 1 aliphatic rings. The van der Waals surface area contributed by atoms with Crippen molar-refractivity contribution in [3.8, 4) is 17.4 Å². The average Bonchev–Trinajstić information content (AvgIpc) is 3.39. The molecule has 0 bridgehead atoms. The minimum Gasteiger partial charge on any atom is -0.497 e. The maximum atomic E-state index is 14.4. The number of benzene rings is 3. The van der Waals surface area contributed by atoms with E-state index < -0.39 is 38.0 Å². The third-order valence-corrected chi connectivity index (χ3v) is 13.8. The summed E-state index contributed by atoms with van der Waals surface area (Å²) in [5.74, 6) is 1.28. The molecule has 0 aliphatic carbocycles. The van der Waals surface area contributed by atoms with Gasteiger partial charge in [-0.1, -0.05) is 75.4 Å².